The number of nitrogens with one attached hydrogen (secondary N) is 1. The molecule has 0 radical (unpaired) electrons. The zero-order valence-electron chi connectivity index (χ0n) is 12.9. The van der Waals surface area contributed by atoms with Crippen molar-refractivity contribution in [3.63, 3.8) is 0 Å². The van der Waals surface area contributed by atoms with Gasteiger partial charge in [-0.25, -0.2) is 4.79 Å². The number of carbonyl (C=O) groups excluding carboxylic acids is 1. The maximum Gasteiger partial charge on any atom is 0.338 e. The zero-order chi connectivity index (χ0) is 17.5. The summed E-state index contributed by atoms with van der Waals surface area (Å²) in [6, 6.07) is 5.44. The molecule has 2 heterocycles. The third kappa shape index (κ3) is 3.55. The summed E-state index contributed by atoms with van der Waals surface area (Å²) >= 11 is 0.882. The van der Waals surface area contributed by atoms with Crippen LogP contribution in [0.3, 0.4) is 0 Å². The molecule has 0 aliphatic carbocycles. The van der Waals surface area contributed by atoms with Crippen molar-refractivity contribution in [1.29, 1.82) is 15.9 Å². The first-order valence-electron chi connectivity index (χ1n) is 7.10. The van der Waals surface area contributed by atoms with Gasteiger partial charge in [0.2, 0.25) is 5.90 Å². The molecule has 0 saturated carbocycles. The van der Waals surface area contributed by atoms with Crippen molar-refractivity contribution in [3.05, 3.63) is 41.4 Å². The first-order chi connectivity index (χ1) is 11.6. The lowest BCUT2D eigenvalue weighted by atomic mass is 9.79. The number of hydrogen-bond acceptors (Lipinski definition) is 8. The highest BCUT2D eigenvalue weighted by molar-refractivity contribution is 8.03. The fraction of sp³-hybridized carbons (Fsp3) is 0.312. The minimum atomic E-state index is -0.968. The van der Waals surface area contributed by atoms with Gasteiger partial charge in [-0.05, 0) is 30.3 Å². The summed E-state index contributed by atoms with van der Waals surface area (Å²) in [6.45, 7) is 1.84. The Bertz CT molecular complexity index is 749. The Morgan fingerprint density at radius 3 is 2.92 bits per heavy atom. The molecule has 2 rings (SSSR count). The molecule has 24 heavy (non-hydrogen) atoms. The van der Waals surface area contributed by atoms with Gasteiger partial charge in [0.25, 0.3) is 0 Å². The Kier molecular flexibility index (Phi) is 5.94. The summed E-state index contributed by atoms with van der Waals surface area (Å²) in [5.74, 6) is -2.31. The highest BCUT2D eigenvalue weighted by Gasteiger charge is 2.42. The molecule has 7 nitrogen and oxygen atoms in total. The lowest BCUT2D eigenvalue weighted by Gasteiger charge is -2.31. The molecule has 122 valence electrons. The van der Waals surface area contributed by atoms with E-state index in [-0.39, 0.29) is 29.6 Å². The van der Waals surface area contributed by atoms with Crippen LogP contribution in [0.25, 0.3) is 0 Å². The zero-order valence-corrected chi connectivity index (χ0v) is 13.7. The van der Waals surface area contributed by atoms with E-state index in [4.69, 9.17) is 20.1 Å². The van der Waals surface area contributed by atoms with Crippen LogP contribution in [0.1, 0.15) is 18.4 Å². The van der Waals surface area contributed by atoms with Gasteiger partial charge in [-0.2, -0.15) is 10.5 Å². The predicted octanol–water partition coefficient (Wildman–Crippen LogP) is 2.34. The van der Waals surface area contributed by atoms with Gasteiger partial charge >= 0.3 is 5.97 Å². The molecule has 0 fully saturated rings. The van der Waals surface area contributed by atoms with Crippen LogP contribution >= 0.6 is 11.8 Å². The molecule has 2 unspecified atom stereocenters. The second-order valence-corrected chi connectivity index (χ2v) is 5.53. The molecule has 0 saturated heterocycles. The minimum absolute atomic E-state index is 0.0853. The van der Waals surface area contributed by atoms with Crippen LogP contribution in [0.15, 0.2) is 35.9 Å². The van der Waals surface area contributed by atoms with Crippen molar-refractivity contribution in [2.45, 2.75) is 12.8 Å². The number of carbonyl (C=O) groups is 1. The van der Waals surface area contributed by atoms with E-state index in [1.165, 1.54) is 0 Å². The van der Waals surface area contributed by atoms with Gasteiger partial charge in [-0.15, -0.1) is 0 Å². The number of rotatable bonds is 5. The lowest BCUT2D eigenvalue weighted by Crippen LogP contribution is -2.34. The lowest BCUT2D eigenvalue weighted by molar-refractivity contribution is -0.139. The molecule has 0 aromatic carbocycles. The van der Waals surface area contributed by atoms with Gasteiger partial charge in [-0.3, -0.25) is 10.4 Å². The van der Waals surface area contributed by atoms with E-state index in [1.807, 2.05) is 11.5 Å². The highest BCUT2D eigenvalue weighted by Crippen LogP contribution is 2.40. The summed E-state index contributed by atoms with van der Waals surface area (Å²) in [5.41, 5.74) is 0.773. The van der Waals surface area contributed by atoms with Gasteiger partial charge in [-0.1, -0.05) is 6.07 Å². The fourth-order valence-corrected chi connectivity index (χ4v) is 2.86. The molecule has 1 aliphatic heterocycles. The topological polar surface area (TPSA) is 120 Å². The van der Waals surface area contributed by atoms with Crippen molar-refractivity contribution in [2.75, 3.05) is 12.4 Å². The number of thiocyanates is 1. The van der Waals surface area contributed by atoms with E-state index < -0.39 is 17.8 Å². The fourth-order valence-electron chi connectivity index (χ4n) is 2.45. The van der Waals surface area contributed by atoms with Crippen molar-refractivity contribution >= 4 is 23.6 Å². The van der Waals surface area contributed by atoms with Crippen molar-refractivity contribution in [2.24, 2.45) is 5.92 Å². The standard InChI is InChI=1S/C16H14N4O3S/c1-2-22-16(21)14-12(8-24-9-18)23-15(19)11(6-17)13(14)10-4-3-5-20-7-10/h3-5,7,11,13,19H,2,8H2,1H3. The molecule has 0 spiro atoms. The van der Waals surface area contributed by atoms with Gasteiger partial charge in [0.1, 0.15) is 17.1 Å². The smallest absolute Gasteiger partial charge is 0.338 e. The normalized spacial score (nSPS) is 19.9. The number of nitrogens with zero attached hydrogens (tertiary/aromatic N) is 3. The molecule has 2 atom stereocenters. The predicted molar refractivity (Wildman–Crippen MR) is 86.6 cm³/mol. The molecule has 0 bridgehead atoms. The summed E-state index contributed by atoms with van der Waals surface area (Å²) in [6.07, 6.45) is 3.12. The minimum Gasteiger partial charge on any atom is -0.463 e. The quantitative estimate of drug-likeness (QED) is 0.644. The van der Waals surface area contributed by atoms with E-state index in [0.29, 0.717) is 5.56 Å². The Hall–Kier alpha value is -2.84. The van der Waals surface area contributed by atoms with Crippen LogP contribution in [0.2, 0.25) is 0 Å². The maximum absolute atomic E-state index is 12.5. The SMILES string of the molecule is CCOC(=O)C1=C(CSC#N)OC(=N)C(C#N)C1c1cccnc1. The van der Waals surface area contributed by atoms with Crippen LogP contribution < -0.4 is 0 Å². The average Bonchev–Trinajstić information content (AvgIpc) is 2.60. The summed E-state index contributed by atoms with van der Waals surface area (Å²) in [5, 5.41) is 28.1. The third-order valence-corrected chi connectivity index (χ3v) is 3.94. The monoisotopic (exact) mass is 342 g/mol. The van der Waals surface area contributed by atoms with E-state index in [0.717, 1.165) is 11.8 Å². The van der Waals surface area contributed by atoms with Gasteiger partial charge in [0.15, 0.2) is 0 Å². The number of esters is 1. The summed E-state index contributed by atoms with van der Waals surface area (Å²) in [7, 11) is 0. The Morgan fingerprint density at radius 1 is 1.54 bits per heavy atom. The number of pyridine rings is 1. The molecule has 1 aromatic rings. The second-order valence-electron chi connectivity index (χ2n) is 4.77. The number of aromatic nitrogens is 1. The first kappa shape index (κ1) is 17.5. The third-order valence-electron chi connectivity index (χ3n) is 3.41. The number of thioether (sulfide) groups is 1. The molecular formula is C16H14N4O3S. The summed E-state index contributed by atoms with van der Waals surface area (Å²) < 4.78 is 10.5. The van der Waals surface area contributed by atoms with Crippen molar-refractivity contribution in [1.82, 2.24) is 4.98 Å². The van der Waals surface area contributed by atoms with Crippen LogP contribution in [0.4, 0.5) is 0 Å². The number of hydrogen-bond donors (Lipinski definition) is 1. The number of nitriles is 2. The maximum atomic E-state index is 12.5. The van der Waals surface area contributed by atoms with Crippen LogP contribution in [-0.4, -0.2) is 29.2 Å². The second kappa shape index (κ2) is 8.14. The largest absolute Gasteiger partial charge is 0.463 e. The Morgan fingerprint density at radius 2 is 2.33 bits per heavy atom. The molecule has 1 aliphatic rings. The van der Waals surface area contributed by atoms with Crippen LogP contribution in [0, 0.1) is 33.3 Å². The average molecular weight is 342 g/mol. The van der Waals surface area contributed by atoms with E-state index >= 15 is 0 Å². The van der Waals surface area contributed by atoms with Gasteiger partial charge < -0.3 is 9.47 Å². The van der Waals surface area contributed by atoms with E-state index in [9.17, 15) is 10.1 Å². The molecule has 1 N–H and O–H groups in total. The summed E-state index contributed by atoms with van der Waals surface area (Å²) in [4.78, 5) is 16.5. The molecule has 0 amide bonds. The van der Waals surface area contributed by atoms with Gasteiger partial charge in [0, 0.05) is 18.3 Å². The highest BCUT2D eigenvalue weighted by atomic mass is 32.2. The van der Waals surface area contributed by atoms with E-state index in [1.54, 1.807) is 31.5 Å². The van der Waals surface area contributed by atoms with Crippen LogP contribution in [-0.2, 0) is 14.3 Å². The first-order valence-corrected chi connectivity index (χ1v) is 8.09. The van der Waals surface area contributed by atoms with Crippen LogP contribution in [0.5, 0.6) is 0 Å². The molecular weight excluding hydrogens is 328 g/mol. The molecule has 1 aromatic heterocycles. The Labute approximate surface area is 143 Å². The van der Waals surface area contributed by atoms with Crippen molar-refractivity contribution in [3.8, 4) is 11.5 Å². The van der Waals surface area contributed by atoms with Crippen molar-refractivity contribution < 1.29 is 14.3 Å². The number of ether oxygens (including phenoxy) is 2. The molecule has 8 heteroatoms. The van der Waals surface area contributed by atoms with E-state index in [2.05, 4.69) is 4.98 Å². The Balaban J connectivity index is 2.61. The van der Waals surface area contributed by atoms with Gasteiger partial charge in [0.05, 0.1) is 24.0 Å².